The predicted molar refractivity (Wildman–Crippen MR) is 112 cm³/mol. The maximum atomic E-state index is 14.6. The zero-order valence-corrected chi connectivity index (χ0v) is 18.0. The highest BCUT2D eigenvalue weighted by molar-refractivity contribution is 5.68. The van der Waals surface area contributed by atoms with Crippen LogP contribution >= 0.6 is 0 Å². The summed E-state index contributed by atoms with van der Waals surface area (Å²) < 4.78 is 39.9. The molecule has 2 aromatic rings. The van der Waals surface area contributed by atoms with Crippen molar-refractivity contribution in [1.29, 1.82) is 5.26 Å². The Morgan fingerprint density at radius 2 is 1.87 bits per heavy atom. The van der Waals surface area contributed by atoms with Crippen molar-refractivity contribution in [1.82, 2.24) is 4.90 Å². The summed E-state index contributed by atoms with van der Waals surface area (Å²) in [5.74, 6) is -0.971. The number of amides is 1. The molecule has 0 unspecified atom stereocenters. The van der Waals surface area contributed by atoms with Crippen LogP contribution in [-0.4, -0.2) is 29.7 Å². The Morgan fingerprint density at radius 1 is 1.16 bits per heavy atom. The summed E-state index contributed by atoms with van der Waals surface area (Å²) in [7, 11) is 0. The van der Waals surface area contributed by atoms with Gasteiger partial charge in [0.1, 0.15) is 18.0 Å². The number of carbonyl (C=O) groups excluding carboxylic acids is 1. The molecular weight excluding hydrogens is 402 g/mol. The van der Waals surface area contributed by atoms with Gasteiger partial charge in [-0.25, -0.2) is 13.6 Å². The zero-order valence-electron chi connectivity index (χ0n) is 18.0. The molecule has 0 saturated carbocycles. The van der Waals surface area contributed by atoms with Crippen LogP contribution in [0.2, 0.25) is 0 Å². The number of carbonyl (C=O) groups is 1. The molecule has 0 bridgehead atoms. The molecule has 1 heterocycles. The molecule has 0 N–H and O–H groups in total. The summed E-state index contributed by atoms with van der Waals surface area (Å²) >= 11 is 0. The second-order valence-corrected chi connectivity index (χ2v) is 8.61. The Kier molecular flexibility index (Phi) is 6.79. The van der Waals surface area contributed by atoms with E-state index in [4.69, 9.17) is 14.7 Å². The average molecular weight is 428 g/mol. The third-order valence-electron chi connectivity index (χ3n) is 5.14. The monoisotopic (exact) mass is 428 g/mol. The van der Waals surface area contributed by atoms with E-state index in [1.807, 2.05) is 26.8 Å². The lowest BCUT2D eigenvalue weighted by molar-refractivity contribution is 0.0204. The molecule has 7 heteroatoms. The van der Waals surface area contributed by atoms with Crippen LogP contribution in [0, 0.1) is 23.0 Å². The van der Waals surface area contributed by atoms with Gasteiger partial charge in [-0.1, -0.05) is 18.2 Å². The van der Waals surface area contributed by atoms with Crippen LogP contribution in [0.25, 0.3) is 0 Å². The number of ether oxygens (including phenoxy) is 2. The first-order chi connectivity index (χ1) is 14.7. The van der Waals surface area contributed by atoms with Crippen molar-refractivity contribution in [2.75, 3.05) is 13.1 Å². The minimum atomic E-state index is -0.567. The molecule has 0 atom stereocenters. The van der Waals surface area contributed by atoms with Crippen molar-refractivity contribution in [3.05, 3.63) is 64.7 Å². The van der Waals surface area contributed by atoms with Crippen LogP contribution in [0.5, 0.6) is 5.75 Å². The van der Waals surface area contributed by atoms with Crippen LogP contribution in [0.15, 0.2) is 36.4 Å². The first-order valence-corrected chi connectivity index (χ1v) is 10.3. The lowest BCUT2D eigenvalue weighted by Crippen LogP contribution is -2.41. The molecule has 0 radical (unpaired) electrons. The Bertz CT molecular complexity index is 987. The molecule has 0 aliphatic carbocycles. The molecule has 5 nitrogen and oxygen atoms in total. The largest absolute Gasteiger partial charge is 0.485 e. The highest BCUT2D eigenvalue weighted by Crippen LogP contribution is 2.36. The van der Waals surface area contributed by atoms with E-state index >= 15 is 0 Å². The van der Waals surface area contributed by atoms with Gasteiger partial charge >= 0.3 is 6.09 Å². The van der Waals surface area contributed by atoms with Gasteiger partial charge in [0, 0.05) is 24.2 Å². The minimum Gasteiger partial charge on any atom is -0.485 e. The Morgan fingerprint density at radius 3 is 2.48 bits per heavy atom. The third kappa shape index (κ3) is 5.72. The average Bonchev–Trinajstić information content (AvgIpc) is 2.72. The Balaban J connectivity index is 1.69. The molecule has 1 aliphatic rings. The fraction of sp³-hybridized carbons (Fsp3) is 0.417. The van der Waals surface area contributed by atoms with Crippen molar-refractivity contribution in [3.8, 4) is 11.8 Å². The number of hydrogen-bond acceptors (Lipinski definition) is 4. The number of halogens is 2. The second-order valence-electron chi connectivity index (χ2n) is 8.61. The van der Waals surface area contributed by atoms with Gasteiger partial charge in [-0.3, -0.25) is 0 Å². The highest BCUT2D eigenvalue weighted by atomic mass is 19.1. The van der Waals surface area contributed by atoms with Gasteiger partial charge in [0.25, 0.3) is 0 Å². The fourth-order valence-corrected chi connectivity index (χ4v) is 3.58. The Labute approximate surface area is 181 Å². The van der Waals surface area contributed by atoms with E-state index in [2.05, 4.69) is 0 Å². The smallest absolute Gasteiger partial charge is 0.410 e. The number of nitriles is 1. The Hall–Kier alpha value is -3.14. The van der Waals surface area contributed by atoms with E-state index in [1.54, 1.807) is 17.0 Å². The van der Waals surface area contributed by atoms with Gasteiger partial charge in [0.2, 0.25) is 0 Å². The van der Waals surface area contributed by atoms with Crippen LogP contribution in [0.1, 0.15) is 56.2 Å². The van der Waals surface area contributed by atoms with Gasteiger partial charge in [0.15, 0.2) is 11.6 Å². The van der Waals surface area contributed by atoms with E-state index in [0.29, 0.717) is 31.5 Å². The van der Waals surface area contributed by atoms with E-state index in [-0.39, 0.29) is 35.5 Å². The topological polar surface area (TPSA) is 62.6 Å². The second kappa shape index (κ2) is 9.34. The molecule has 2 aromatic carbocycles. The number of nitrogens with zero attached hydrogens (tertiary/aromatic N) is 2. The number of likely N-dealkylation sites (tertiary alicyclic amines) is 1. The van der Waals surface area contributed by atoms with Gasteiger partial charge in [-0.05, 0) is 57.7 Å². The molecule has 0 spiro atoms. The van der Waals surface area contributed by atoms with Crippen molar-refractivity contribution < 1.29 is 23.0 Å². The van der Waals surface area contributed by atoms with Crippen molar-refractivity contribution >= 4 is 6.09 Å². The molecule has 1 aliphatic heterocycles. The summed E-state index contributed by atoms with van der Waals surface area (Å²) in [6.45, 7) is 6.32. The number of benzene rings is 2. The first-order valence-electron chi connectivity index (χ1n) is 10.3. The summed E-state index contributed by atoms with van der Waals surface area (Å²) in [5.41, 5.74) is 0.605. The normalized spacial score (nSPS) is 14.8. The van der Waals surface area contributed by atoms with Crippen LogP contribution < -0.4 is 4.74 Å². The molecular formula is C24H26F2N2O3. The number of hydrogen-bond donors (Lipinski definition) is 0. The molecule has 31 heavy (non-hydrogen) atoms. The van der Waals surface area contributed by atoms with Crippen LogP contribution in [0.3, 0.4) is 0 Å². The van der Waals surface area contributed by atoms with Gasteiger partial charge in [0.05, 0.1) is 11.6 Å². The summed E-state index contributed by atoms with van der Waals surface area (Å²) in [6.07, 6.45) is 0.937. The maximum Gasteiger partial charge on any atom is 0.410 e. The molecule has 164 valence electrons. The van der Waals surface area contributed by atoms with Crippen LogP contribution in [0.4, 0.5) is 13.6 Å². The van der Waals surface area contributed by atoms with E-state index in [1.165, 1.54) is 18.2 Å². The summed E-state index contributed by atoms with van der Waals surface area (Å²) in [6, 6.07) is 10.7. The van der Waals surface area contributed by atoms with E-state index in [9.17, 15) is 13.6 Å². The maximum absolute atomic E-state index is 14.6. The van der Waals surface area contributed by atoms with Crippen LogP contribution in [-0.2, 0) is 11.3 Å². The van der Waals surface area contributed by atoms with E-state index in [0.717, 1.165) is 6.07 Å². The highest BCUT2D eigenvalue weighted by Gasteiger charge is 2.29. The number of para-hydroxylation sites is 1. The quantitative estimate of drug-likeness (QED) is 0.642. The molecule has 3 rings (SSSR count). The van der Waals surface area contributed by atoms with Gasteiger partial charge in [-0.2, -0.15) is 5.26 Å². The van der Waals surface area contributed by atoms with E-state index < -0.39 is 17.2 Å². The SMILES string of the molecule is CC(C)(C)OC(=O)N1CCC(c2cccc(F)c2OCc2ccc(C#N)cc2F)CC1. The molecule has 1 fully saturated rings. The van der Waals surface area contributed by atoms with Crippen molar-refractivity contribution in [2.24, 2.45) is 0 Å². The van der Waals surface area contributed by atoms with Gasteiger partial charge in [-0.15, -0.1) is 0 Å². The summed E-state index contributed by atoms with van der Waals surface area (Å²) in [5, 5.41) is 8.86. The number of piperidine rings is 1. The third-order valence-corrected chi connectivity index (χ3v) is 5.14. The fourth-order valence-electron chi connectivity index (χ4n) is 3.58. The van der Waals surface area contributed by atoms with Crippen molar-refractivity contribution in [2.45, 2.75) is 51.7 Å². The molecule has 1 saturated heterocycles. The van der Waals surface area contributed by atoms with Gasteiger partial charge < -0.3 is 14.4 Å². The number of rotatable bonds is 4. The lowest BCUT2D eigenvalue weighted by atomic mass is 9.89. The summed E-state index contributed by atoms with van der Waals surface area (Å²) in [4.78, 5) is 13.9. The molecule has 0 aromatic heterocycles. The standard InChI is InChI=1S/C24H26F2N2O3/c1-24(2,3)31-23(29)28-11-9-17(10-12-28)19-5-4-6-20(25)22(19)30-15-18-8-7-16(14-27)13-21(18)26/h4-8,13,17H,9-12,15H2,1-3H3. The lowest BCUT2D eigenvalue weighted by Gasteiger charge is -2.34. The first kappa shape index (κ1) is 22.5. The molecule has 1 amide bonds. The minimum absolute atomic E-state index is 0.00944. The predicted octanol–water partition coefficient (Wildman–Crippen LogP) is 5.53. The van der Waals surface area contributed by atoms with Crippen molar-refractivity contribution in [3.63, 3.8) is 0 Å². The zero-order chi connectivity index (χ0) is 22.6.